The van der Waals surface area contributed by atoms with Crippen molar-refractivity contribution >= 4 is 6.09 Å². The van der Waals surface area contributed by atoms with Crippen molar-refractivity contribution in [1.82, 2.24) is 14.9 Å². The van der Waals surface area contributed by atoms with Crippen molar-refractivity contribution in [2.45, 2.75) is 65.7 Å². The van der Waals surface area contributed by atoms with Gasteiger partial charge in [0, 0.05) is 38.4 Å². The van der Waals surface area contributed by atoms with Gasteiger partial charge in [-0.3, -0.25) is 0 Å². The van der Waals surface area contributed by atoms with Crippen LogP contribution in [0.5, 0.6) is 0 Å². The van der Waals surface area contributed by atoms with Crippen LogP contribution in [-0.2, 0) is 29.0 Å². The normalized spacial score (nSPS) is 11.5. The minimum atomic E-state index is -0.477. The van der Waals surface area contributed by atoms with Crippen LogP contribution in [0.4, 0.5) is 4.79 Å². The summed E-state index contributed by atoms with van der Waals surface area (Å²) in [5.74, 6) is 1.04. The van der Waals surface area contributed by atoms with Gasteiger partial charge in [-0.05, 0) is 27.2 Å². The molecule has 0 spiro atoms. The maximum absolute atomic E-state index is 11.6. The van der Waals surface area contributed by atoms with Crippen LogP contribution in [-0.4, -0.2) is 34.9 Å². The third-order valence-electron chi connectivity index (χ3n) is 3.08. The zero-order chi connectivity index (χ0) is 16.6. The summed E-state index contributed by atoms with van der Waals surface area (Å²) in [4.78, 5) is 16.1. The van der Waals surface area contributed by atoms with Gasteiger partial charge in [0.25, 0.3) is 0 Å². The molecule has 1 amide bonds. The molecular formula is C16H29N3O3. The monoisotopic (exact) mass is 311 g/mol. The van der Waals surface area contributed by atoms with Crippen LogP contribution in [0.1, 0.15) is 52.1 Å². The minimum Gasteiger partial charge on any atom is -0.444 e. The molecule has 22 heavy (non-hydrogen) atoms. The first kappa shape index (κ1) is 18.5. The van der Waals surface area contributed by atoms with Gasteiger partial charge < -0.3 is 19.4 Å². The summed E-state index contributed by atoms with van der Waals surface area (Å²) in [7, 11) is 1.67. The molecule has 1 heterocycles. The van der Waals surface area contributed by atoms with E-state index in [0.29, 0.717) is 19.7 Å². The molecule has 126 valence electrons. The fraction of sp³-hybridized carbons (Fsp3) is 0.750. The van der Waals surface area contributed by atoms with Gasteiger partial charge in [0.05, 0.1) is 0 Å². The average molecular weight is 311 g/mol. The molecule has 0 atom stereocenters. The number of alkyl carbamates (subject to hydrolysis) is 1. The molecule has 0 aromatic carbocycles. The van der Waals surface area contributed by atoms with Crippen LogP contribution in [0.3, 0.4) is 0 Å². The molecule has 6 nitrogen and oxygen atoms in total. The second kappa shape index (κ2) is 8.78. The Morgan fingerprint density at radius 2 is 2.09 bits per heavy atom. The van der Waals surface area contributed by atoms with Crippen molar-refractivity contribution in [2.75, 3.05) is 13.7 Å². The van der Waals surface area contributed by atoms with E-state index in [1.54, 1.807) is 7.11 Å². The number of hydrogen-bond donors (Lipinski definition) is 1. The number of aryl methyl sites for hydroxylation is 1. The van der Waals surface area contributed by atoms with Crippen molar-refractivity contribution in [3.05, 3.63) is 17.7 Å². The van der Waals surface area contributed by atoms with Crippen LogP contribution in [0.2, 0.25) is 0 Å². The highest BCUT2D eigenvalue weighted by Gasteiger charge is 2.16. The average Bonchev–Trinajstić information content (AvgIpc) is 2.77. The third-order valence-corrected chi connectivity index (χ3v) is 3.08. The maximum Gasteiger partial charge on any atom is 0.407 e. The molecule has 0 bridgehead atoms. The summed E-state index contributed by atoms with van der Waals surface area (Å²) in [6, 6.07) is 0. The van der Waals surface area contributed by atoms with Gasteiger partial charge in [0.1, 0.15) is 18.2 Å². The number of imidazole rings is 1. The van der Waals surface area contributed by atoms with E-state index in [1.165, 1.54) is 0 Å². The van der Waals surface area contributed by atoms with E-state index < -0.39 is 11.7 Å². The van der Waals surface area contributed by atoms with Crippen LogP contribution in [0.15, 0.2) is 6.20 Å². The number of nitrogens with zero attached hydrogens (tertiary/aromatic N) is 2. The van der Waals surface area contributed by atoms with Crippen LogP contribution < -0.4 is 5.32 Å². The summed E-state index contributed by atoms with van der Waals surface area (Å²) in [5.41, 5.74) is 0.582. The zero-order valence-electron chi connectivity index (χ0n) is 14.4. The summed E-state index contributed by atoms with van der Waals surface area (Å²) in [6.45, 7) is 8.70. The molecule has 0 aliphatic carbocycles. The van der Waals surface area contributed by atoms with E-state index in [0.717, 1.165) is 30.8 Å². The molecule has 0 radical (unpaired) electrons. The molecule has 0 fully saturated rings. The largest absolute Gasteiger partial charge is 0.444 e. The predicted octanol–water partition coefficient (Wildman–Crippen LogP) is 2.90. The molecule has 1 N–H and O–H groups in total. The standard InChI is InChI=1S/C16H29N3O3/c1-6-7-8-14-18-11-13(19(14)12-21-5)9-10-17-15(20)22-16(2,3)4/h11H,6-10,12H2,1-5H3,(H,17,20). The van der Waals surface area contributed by atoms with Gasteiger partial charge in [0.2, 0.25) is 0 Å². The van der Waals surface area contributed by atoms with E-state index in [2.05, 4.69) is 21.8 Å². The molecule has 0 saturated heterocycles. The second-order valence-corrected chi connectivity index (χ2v) is 6.29. The van der Waals surface area contributed by atoms with Crippen molar-refractivity contribution in [3.8, 4) is 0 Å². The van der Waals surface area contributed by atoms with Crippen LogP contribution >= 0.6 is 0 Å². The second-order valence-electron chi connectivity index (χ2n) is 6.29. The lowest BCUT2D eigenvalue weighted by Crippen LogP contribution is -2.33. The van der Waals surface area contributed by atoms with Crippen LogP contribution in [0.25, 0.3) is 0 Å². The SMILES string of the molecule is CCCCc1ncc(CCNC(=O)OC(C)(C)C)n1COC. The first-order valence-electron chi connectivity index (χ1n) is 7.86. The van der Waals surface area contributed by atoms with Crippen molar-refractivity contribution < 1.29 is 14.3 Å². The van der Waals surface area contributed by atoms with Gasteiger partial charge >= 0.3 is 6.09 Å². The number of carbonyl (C=O) groups is 1. The Kier molecular flexibility index (Phi) is 7.38. The number of aromatic nitrogens is 2. The van der Waals surface area contributed by atoms with Gasteiger partial charge in [0.15, 0.2) is 0 Å². The number of unbranched alkanes of at least 4 members (excludes halogenated alkanes) is 1. The first-order chi connectivity index (χ1) is 10.4. The molecule has 0 aliphatic rings. The number of amides is 1. The van der Waals surface area contributed by atoms with E-state index in [-0.39, 0.29) is 0 Å². The lowest BCUT2D eigenvalue weighted by molar-refractivity contribution is 0.0528. The smallest absolute Gasteiger partial charge is 0.407 e. The zero-order valence-corrected chi connectivity index (χ0v) is 14.4. The number of ether oxygens (including phenoxy) is 2. The molecule has 1 aromatic rings. The fourth-order valence-electron chi connectivity index (χ4n) is 2.08. The van der Waals surface area contributed by atoms with Gasteiger partial charge in [-0.25, -0.2) is 9.78 Å². The lowest BCUT2D eigenvalue weighted by atomic mass is 10.2. The van der Waals surface area contributed by atoms with Gasteiger partial charge in [-0.15, -0.1) is 0 Å². The van der Waals surface area contributed by atoms with E-state index >= 15 is 0 Å². The predicted molar refractivity (Wildman–Crippen MR) is 85.8 cm³/mol. The summed E-state index contributed by atoms with van der Waals surface area (Å²) < 4.78 is 12.5. The van der Waals surface area contributed by atoms with Crippen molar-refractivity contribution in [2.24, 2.45) is 0 Å². The Hall–Kier alpha value is -1.56. The van der Waals surface area contributed by atoms with Crippen molar-refractivity contribution in [1.29, 1.82) is 0 Å². The first-order valence-corrected chi connectivity index (χ1v) is 7.86. The highest BCUT2D eigenvalue weighted by atomic mass is 16.6. The molecule has 1 rings (SSSR count). The number of hydrogen-bond acceptors (Lipinski definition) is 4. The summed E-state index contributed by atoms with van der Waals surface area (Å²) >= 11 is 0. The van der Waals surface area contributed by atoms with E-state index in [1.807, 2.05) is 27.0 Å². The molecule has 0 aliphatic heterocycles. The Morgan fingerprint density at radius 3 is 2.68 bits per heavy atom. The highest BCUT2D eigenvalue weighted by molar-refractivity contribution is 5.67. The van der Waals surface area contributed by atoms with Gasteiger partial charge in [-0.2, -0.15) is 0 Å². The molecular weight excluding hydrogens is 282 g/mol. The van der Waals surface area contributed by atoms with E-state index in [9.17, 15) is 4.79 Å². The van der Waals surface area contributed by atoms with Gasteiger partial charge in [-0.1, -0.05) is 13.3 Å². The lowest BCUT2D eigenvalue weighted by Gasteiger charge is -2.19. The Bertz CT molecular complexity index is 464. The van der Waals surface area contributed by atoms with E-state index in [4.69, 9.17) is 9.47 Å². The summed E-state index contributed by atoms with van der Waals surface area (Å²) in [5, 5.41) is 2.77. The molecule has 1 aromatic heterocycles. The molecule has 0 saturated carbocycles. The quantitative estimate of drug-likeness (QED) is 0.801. The number of nitrogens with one attached hydrogen (secondary N) is 1. The Labute approximate surface area is 133 Å². The fourth-order valence-corrected chi connectivity index (χ4v) is 2.08. The summed E-state index contributed by atoms with van der Waals surface area (Å²) in [6.07, 6.45) is 5.35. The maximum atomic E-state index is 11.6. The third kappa shape index (κ3) is 6.47. The van der Waals surface area contributed by atoms with Crippen molar-refractivity contribution in [3.63, 3.8) is 0 Å². The minimum absolute atomic E-state index is 0.392. The highest BCUT2D eigenvalue weighted by Crippen LogP contribution is 2.10. The number of rotatable bonds is 8. The molecule has 0 unspecified atom stereocenters. The number of methoxy groups -OCH3 is 1. The Morgan fingerprint density at radius 1 is 1.36 bits per heavy atom. The van der Waals surface area contributed by atoms with Crippen LogP contribution in [0, 0.1) is 0 Å². The molecule has 6 heteroatoms. The Balaban J connectivity index is 2.54. The topological polar surface area (TPSA) is 65.4 Å². The number of carbonyl (C=O) groups excluding carboxylic acids is 1.